The molecule has 0 aliphatic heterocycles. The molecule has 0 aliphatic rings. The van der Waals surface area contributed by atoms with Crippen LogP contribution in [-0.4, -0.2) is 0 Å². The van der Waals surface area contributed by atoms with Gasteiger partial charge in [-0.25, -0.2) is 0 Å². The zero-order valence-electron chi connectivity index (χ0n) is 8.31. The third-order valence-electron chi connectivity index (χ3n) is 2.27. The normalized spacial score (nSPS) is 10.4. The minimum Gasteiger partial charge on any atom is -0.0840 e. The van der Waals surface area contributed by atoms with Crippen LogP contribution in [-0.2, 0) is 6.42 Å². The van der Waals surface area contributed by atoms with E-state index in [9.17, 15) is 0 Å². The average Bonchev–Trinajstić information content (AvgIpc) is 2.10. The molecule has 0 fully saturated rings. The Kier molecular flexibility index (Phi) is 4.31. The fourth-order valence-corrected chi connectivity index (χ4v) is 1.78. The van der Waals surface area contributed by atoms with E-state index in [2.05, 4.69) is 26.3 Å². The number of hydrogen-bond acceptors (Lipinski definition) is 0. The highest BCUT2D eigenvalue weighted by Gasteiger charge is 2.02. The van der Waals surface area contributed by atoms with Crippen LogP contribution < -0.4 is 0 Å². The van der Waals surface area contributed by atoms with Gasteiger partial charge in [-0.3, -0.25) is 0 Å². The molecule has 0 saturated heterocycles. The Bertz CT molecular complexity index is 246. The maximum Gasteiger partial charge on any atom is 0.0440 e. The van der Waals surface area contributed by atoms with Gasteiger partial charge in [0.05, 0.1) is 0 Å². The van der Waals surface area contributed by atoms with E-state index >= 15 is 0 Å². The molecule has 0 heterocycles. The summed E-state index contributed by atoms with van der Waals surface area (Å²) >= 11 is 6.10. The third kappa shape index (κ3) is 3.04. The maximum atomic E-state index is 6.10. The summed E-state index contributed by atoms with van der Waals surface area (Å²) in [7, 11) is 0. The molecule has 0 aromatic heterocycles. The van der Waals surface area contributed by atoms with E-state index in [1.807, 2.05) is 12.1 Å². The molecule has 0 nitrogen and oxygen atoms in total. The molecule has 0 saturated carbocycles. The van der Waals surface area contributed by atoms with Crippen molar-refractivity contribution in [2.45, 2.75) is 33.1 Å². The Morgan fingerprint density at radius 3 is 2.77 bits per heavy atom. The Labute approximate surface area is 85.9 Å². The van der Waals surface area contributed by atoms with Crippen molar-refractivity contribution in [1.29, 1.82) is 0 Å². The van der Waals surface area contributed by atoms with Gasteiger partial charge in [-0.2, -0.15) is 0 Å². The third-order valence-corrected chi connectivity index (χ3v) is 2.63. The molecule has 0 N–H and O–H groups in total. The largest absolute Gasteiger partial charge is 0.0840 e. The number of unbranched alkanes of at least 4 members (excludes halogenated alkanes) is 2. The van der Waals surface area contributed by atoms with E-state index in [-0.39, 0.29) is 0 Å². The molecular formula is C12H16Cl. The van der Waals surface area contributed by atoms with Gasteiger partial charge in [-0.05, 0) is 43.4 Å². The Morgan fingerprint density at radius 2 is 2.15 bits per heavy atom. The van der Waals surface area contributed by atoms with E-state index in [0.29, 0.717) is 0 Å². The molecule has 0 unspecified atom stereocenters. The van der Waals surface area contributed by atoms with Gasteiger partial charge in [-0.15, -0.1) is 0 Å². The second-order valence-corrected chi connectivity index (χ2v) is 3.74. The van der Waals surface area contributed by atoms with Crippen LogP contribution >= 0.6 is 11.6 Å². The van der Waals surface area contributed by atoms with Gasteiger partial charge in [0, 0.05) is 5.02 Å². The number of rotatable bonds is 4. The number of halogens is 1. The Morgan fingerprint density at radius 1 is 1.38 bits per heavy atom. The summed E-state index contributed by atoms with van der Waals surface area (Å²) in [5.41, 5.74) is 2.62. The highest BCUT2D eigenvalue weighted by atomic mass is 35.5. The van der Waals surface area contributed by atoms with Gasteiger partial charge < -0.3 is 0 Å². The smallest absolute Gasteiger partial charge is 0.0440 e. The standard InChI is InChI=1S/C12H16Cl/c1-3-4-5-8-11-10(2)7-6-9-12(11)13/h3,6-7,9H,4-5,8H2,1-2H3. The van der Waals surface area contributed by atoms with Crippen molar-refractivity contribution in [3.05, 3.63) is 40.8 Å². The lowest BCUT2D eigenvalue weighted by atomic mass is 10.0. The Balaban J connectivity index is 2.64. The molecule has 1 aromatic carbocycles. The van der Waals surface area contributed by atoms with Crippen LogP contribution in [0.4, 0.5) is 0 Å². The van der Waals surface area contributed by atoms with Crippen molar-refractivity contribution in [1.82, 2.24) is 0 Å². The minimum absolute atomic E-state index is 0.913. The van der Waals surface area contributed by atoms with E-state index in [0.717, 1.165) is 11.4 Å². The molecule has 1 heteroatoms. The monoisotopic (exact) mass is 195 g/mol. The summed E-state index contributed by atoms with van der Waals surface area (Å²) in [6.07, 6.45) is 5.66. The first-order chi connectivity index (χ1) is 6.25. The van der Waals surface area contributed by atoms with E-state index < -0.39 is 0 Å². The predicted molar refractivity (Wildman–Crippen MR) is 59.1 cm³/mol. The van der Waals surface area contributed by atoms with Crippen LogP contribution in [0.3, 0.4) is 0 Å². The van der Waals surface area contributed by atoms with E-state index in [1.54, 1.807) is 0 Å². The summed E-state index contributed by atoms with van der Waals surface area (Å²) in [5.74, 6) is 0. The van der Waals surface area contributed by atoms with Crippen LogP contribution in [0, 0.1) is 13.3 Å². The van der Waals surface area contributed by atoms with Crippen molar-refractivity contribution < 1.29 is 0 Å². The number of hydrogen-bond donors (Lipinski definition) is 0. The molecule has 1 aromatic rings. The molecule has 0 atom stereocenters. The zero-order chi connectivity index (χ0) is 9.68. The van der Waals surface area contributed by atoms with Crippen molar-refractivity contribution in [2.75, 3.05) is 0 Å². The van der Waals surface area contributed by atoms with Crippen LogP contribution in [0.5, 0.6) is 0 Å². The van der Waals surface area contributed by atoms with Crippen LogP contribution in [0.2, 0.25) is 5.02 Å². The fraction of sp³-hybridized carbons (Fsp3) is 0.417. The summed E-state index contributed by atoms with van der Waals surface area (Å²) in [6, 6.07) is 6.10. The molecule has 1 rings (SSSR count). The van der Waals surface area contributed by atoms with Crippen molar-refractivity contribution >= 4 is 11.6 Å². The number of aryl methyl sites for hydroxylation is 1. The van der Waals surface area contributed by atoms with Crippen molar-refractivity contribution in [3.8, 4) is 0 Å². The average molecular weight is 196 g/mol. The lowest BCUT2D eigenvalue weighted by Gasteiger charge is -2.06. The van der Waals surface area contributed by atoms with E-state index in [4.69, 9.17) is 11.6 Å². The van der Waals surface area contributed by atoms with E-state index in [1.165, 1.54) is 24.0 Å². The SMILES string of the molecule is C[CH]CCCc1c(C)cccc1Cl. The van der Waals surface area contributed by atoms with Gasteiger partial charge in [0.25, 0.3) is 0 Å². The van der Waals surface area contributed by atoms with Gasteiger partial charge in [0.15, 0.2) is 0 Å². The quantitative estimate of drug-likeness (QED) is 0.632. The lowest BCUT2D eigenvalue weighted by molar-refractivity contribution is 0.804. The molecule has 1 radical (unpaired) electrons. The highest BCUT2D eigenvalue weighted by Crippen LogP contribution is 2.21. The zero-order valence-corrected chi connectivity index (χ0v) is 9.06. The fourth-order valence-electron chi connectivity index (χ4n) is 1.47. The summed E-state index contributed by atoms with van der Waals surface area (Å²) < 4.78 is 0. The maximum absolute atomic E-state index is 6.10. The lowest BCUT2D eigenvalue weighted by Crippen LogP contribution is -1.91. The van der Waals surface area contributed by atoms with Gasteiger partial charge in [0.2, 0.25) is 0 Å². The summed E-state index contributed by atoms with van der Waals surface area (Å²) in [5, 5.41) is 0.913. The van der Waals surface area contributed by atoms with Crippen LogP contribution in [0.25, 0.3) is 0 Å². The molecular weight excluding hydrogens is 180 g/mol. The summed E-state index contributed by atoms with van der Waals surface area (Å²) in [4.78, 5) is 0. The number of benzene rings is 1. The molecule has 0 aliphatic carbocycles. The van der Waals surface area contributed by atoms with Crippen LogP contribution in [0.15, 0.2) is 18.2 Å². The molecule has 0 spiro atoms. The molecule has 0 amide bonds. The first kappa shape index (κ1) is 10.6. The van der Waals surface area contributed by atoms with Crippen molar-refractivity contribution in [2.24, 2.45) is 0 Å². The van der Waals surface area contributed by atoms with Gasteiger partial charge in [0.1, 0.15) is 0 Å². The second-order valence-electron chi connectivity index (χ2n) is 3.34. The predicted octanol–water partition coefficient (Wildman–Crippen LogP) is 4.20. The highest BCUT2D eigenvalue weighted by molar-refractivity contribution is 6.31. The first-order valence-electron chi connectivity index (χ1n) is 4.77. The van der Waals surface area contributed by atoms with Crippen LogP contribution in [0.1, 0.15) is 30.9 Å². The topological polar surface area (TPSA) is 0 Å². The molecule has 13 heavy (non-hydrogen) atoms. The summed E-state index contributed by atoms with van der Waals surface area (Å²) in [6.45, 7) is 4.22. The Hall–Kier alpha value is -0.490. The molecule has 0 bridgehead atoms. The van der Waals surface area contributed by atoms with Gasteiger partial charge in [-0.1, -0.05) is 37.1 Å². The van der Waals surface area contributed by atoms with Crippen molar-refractivity contribution in [3.63, 3.8) is 0 Å². The first-order valence-corrected chi connectivity index (χ1v) is 5.15. The minimum atomic E-state index is 0.913. The molecule has 71 valence electrons. The van der Waals surface area contributed by atoms with Gasteiger partial charge >= 0.3 is 0 Å². The second kappa shape index (κ2) is 5.29.